The lowest BCUT2D eigenvalue weighted by atomic mass is 10.0. The predicted octanol–water partition coefficient (Wildman–Crippen LogP) is 12.9. The number of benzene rings is 2. The average molecular weight is 615 g/mol. The van der Waals surface area contributed by atoms with Crippen molar-refractivity contribution in [2.24, 2.45) is 0 Å². The molecule has 0 bridgehead atoms. The monoisotopic (exact) mass is 614 g/mol. The molecule has 0 saturated carbocycles. The van der Waals surface area contributed by atoms with Crippen LogP contribution in [0, 0.1) is 0 Å². The topological polar surface area (TPSA) is 18.5 Å². The van der Waals surface area contributed by atoms with Crippen LogP contribution < -0.4 is 9.47 Å². The molecule has 2 nitrogen and oxygen atoms in total. The molecule has 0 aliphatic heterocycles. The van der Waals surface area contributed by atoms with E-state index in [1.807, 2.05) is 0 Å². The highest BCUT2D eigenvalue weighted by Gasteiger charge is 2.18. The molecular formula is C38H62O2S2. The maximum atomic E-state index is 5.99. The first-order valence-electron chi connectivity index (χ1n) is 17.5. The van der Waals surface area contributed by atoms with Gasteiger partial charge in [0.15, 0.2) is 0 Å². The third-order valence-corrected chi connectivity index (χ3v) is 9.70. The van der Waals surface area contributed by atoms with Crippen molar-refractivity contribution >= 4 is 25.3 Å². The van der Waals surface area contributed by atoms with Crippen molar-refractivity contribution in [3.8, 4) is 11.5 Å². The molecule has 0 saturated heterocycles. The maximum Gasteiger partial charge on any atom is 0.119 e. The summed E-state index contributed by atoms with van der Waals surface area (Å²) in [4.78, 5) is 0. The Morgan fingerprint density at radius 1 is 0.405 bits per heavy atom. The zero-order valence-electron chi connectivity index (χ0n) is 27.0. The molecular weight excluding hydrogens is 553 g/mol. The normalized spacial score (nSPS) is 12.8. The highest BCUT2D eigenvalue weighted by Crippen LogP contribution is 2.39. The minimum absolute atomic E-state index is 0.00256. The van der Waals surface area contributed by atoms with Crippen LogP contribution in [0.25, 0.3) is 0 Å². The van der Waals surface area contributed by atoms with Crippen molar-refractivity contribution in [2.75, 3.05) is 13.2 Å². The quantitative estimate of drug-likeness (QED) is 0.0770. The molecule has 0 aliphatic rings. The molecule has 0 spiro atoms. The summed E-state index contributed by atoms with van der Waals surface area (Å²) >= 11 is 9.82. The summed E-state index contributed by atoms with van der Waals surface area (Å²) in [6.07, 6.45) is 26.8. The highest BCUT2D eigenvalue weighted by atomic mass is 32.1. The van der Waals surface area contributed by atoms with E-state index in [0.717, 1.165) is 48.7 Å². The summed E-state index contributed by atoms with van der Waals surface area (Å²) in [6, 6.07) is 16.8. The predicted molar refractivity (Wildman–Crippen MR) is 191 cm³/mol. The molecule has 2 rings (SSSR count). The Balaban J connectivity index is 1.57. The summed E-state index contributed by atoms with van der Waals surface area (Å²) in [5.74, 6) is 1.88. The van der Waals surface area contributed by atoms with E-state index in [1.165, 1.54) is 116 Å². The zero-order chi connectivity index (χ0) is 30.1. The van der Waals surface area contributed by atoms with Gasteiger partial charge in [0.1, 0.15) is 11.5 Å². The van der Waals surface area contributed by atoms with E-state index < -0.39 is 0 Å². The molecule has 0 amide bonds. The van der Waals surface area contributed by atoms with E-state index in [0.29, 0.717) is 0 Å². The second-order valence-corrected chi connectivity index (χ2v) is 13.2. The Bertz CT molecular complexity index is 794. The van der Waals surface area contributed by atoms with Gasteiger partial charge in [-0.05, 0) is 48.2 Å². The number of thiol groups is 2. The van der Waals surface area contributed by atoms with Crippen molar-refractivity contribution in [3.63, 3.8) is 0 Å². The fraction of sp³-hybridized carbons (Fsp3) is 0.684. The maximum absolute atomic E-state index is 5.99. The van der Waals surface area contributed by atoms with Gasteiger partial charge in [-0.1, -0.05) is 154 Å². The van der Waals surface area contributed by atoms with E-state index in [1.54, 1.807) is 0 Å². The fourth-order valence-corrected chi connectivity index (χ4v) is 6.13. The smallest absolute Gasteiger partial charge is 0.119 e. The van der Waals surface area contributed by atoms with E-state index in [4.69, 9.17) is 34.7 Å². The molecule has 2 aromatic rings. The molecule has 0 N–H and O–H groups in total. The third-order valence-electron chi connectivity index (χ3n) is 8.28. The van der Waals surface area contributed by atoms with Crippen LogP contribution in [0.15, 0.2) is 48.5 Å². The Hall–Kier alpha value is -1.26. The Kier molecular flexibility index (Phi) is 22.1. The van der Waals surface area contributed by atoms with E-state index in [2.05, 4.69) is 62.4 Å². The van der Waals surface area contributed by atoms with Gasteiger partial charge in [-0.2, -0.15) is 25.3 Å². The molecule has 2 atom stereocenters. The van der Waals surface area contributed by atoms with Gasteiger partial charge in [-0.15, -0.1) is 0 Å². The van der Waals surface area contributed by atoms with Crippen LogP contribution >= 0.6 is 25.3 Å². The third kappa shape index (κ3) is 17.1. The lowest BCUT2D eigenvalue weighted by Gasteiger charge is -2.20. The Morgan fingerprint density at radius 2 is 0.667 bits per heavy atom. The number of rotatable bonds is 27. The molecule has 238 valence electrons. The van der Waals surface area contributed by atoms with Gasteiger partial charge in [0.2, 0.25) is 0 Å². The van der Waals surface area contributed by atoms with Crippen molar-refractivity contribution < 1.29 is 9.47 Å². The SMILES string of the molecule is CCCCCCCCCCCCOc1ccc(C(S)C(S)c2ccc(OCCCCCCCCCCCC)cc2)cc1. The Labute approximate surface area is 271 Å². The molecule has 2 aromatic carbocycles. The zero-order valence-corrected chi connectivity index (χ0v) is 28.8. The van der Waals surface area contributed by atoms with Gasteiger partial charge in [0, 0.05) is 10.5 Å². The standard InChI is InChI=1S/C38H62O2S2/c1-3-5-7-9-11-13-15-17-19-21-31-39-35-27-23-33(24-28-35)37(41)38(42)34-25-29-36(30-26-34)40-32-22-20-18-16-14-12-10-8-6-4-2/h23-30,37-38,41-42H,3-22,31-32H2,1-2H3. The van der Waals surface area contributed by atoms with Crippen LogP contribution in [-0.2, 0) is 0 Å². The highest BCUT2D eigenvalue weighted by molar-refractivity contribution is 7.84. The van der Waals surface area contributed by atoms with Crippen LogP contribution in [0.2, 0.25) is 0 Å². The fourth-order valence-electron chi connectivity index (χ4n) is 5.45. The lowest BCUT2D eigenvalue weighted by Crippen LogP contribution is -2.02. The van der Waals surface area contributed by atoms with Gasteiger partial charge in [0.05, 0.1) is 13.2 Å². The second kappa shape index (κ2) is 25.1. The van der Waals surface area contributed by atoms with Crippen molar-refractivity contribution in [1.82, 2.24) is 0 Å². The summed E-state index contributed by atoms with van der Waals surface area (Å²) in [6.45, 7) is 6.15. The molecule has 0 radical (unpaired) electrons. The number of ether oxygens (including phenoxy) is 2. The van der Waals surface area contributed by atoms with E-state index in [-0.39, 0.29) is 10.5 Å². The van der Waals surface area contributed by atoms with E-state index in [9.17, 15) is 0 Å². The van der Waals surface area contributed by atoms with Crippen molar-refractivity contribution in [3.05, 3.63) is 59.7 Å². The number of hydrogen-bond donors (Lipinski definition) is 2. The summed E-state index contributed by atoms with van der Waals surface area (Å²) in [7, 11) is 0. The van der Waals surface area contributed by atoms with Gasteiger partial charge < -0.3 is 9.47 Å². The largest absolute Gasteiger partial charge is 0.494 e. The van der Waals surface area contributed by atoms with Crippen molar-refractivity contribution in [1.29, 1.82) is 0 Å². The van der Waals surface area contributed by atoms with Gasteiger partial charge in [-0.25, -0.2) is 0 Å². The summed E-state index contributed by atoms with van der Waals surface area (Å²) < 4.78 is 12.0. The van der Waals surface area contributed by atoms with Crippen LogP contribution in [0.1, 0.15) is 164 Å². The average Bonchev–Trinajstić information content (AvgIpc) is 3.02. The molecule has 0 fully saturated rings. The van der Waals surface area contributed by atoms with Crippen LogP contribution in [0.3, 0.4) is 0 Å². The molecule has 0 heterocycles. The molecule has 2 unspecified atom stereocenters. The minimum Gasteiger partial charge on any atom is -0.494 e. The first-order chi connectivity index (χ1) is 20.7. The van der Waals surface area contributed by atoms with Crippen molar-refractivity contribution in [2.45, 2.75) is 153 Å². The number of unbranched alkanes of at least 4 members (excludes halogenated alkanes) is 18. The van der Waals surface area contributed by atoms with E-state index >= 15 is 0 Å². The van der Waals surface area contributed by atoms with Gasteiger partial charge in [-0.3, -0.25) is 0 Å². The molecule has 4 heteroatoms. The summed E-state index contributed by atoms with van der Waals surface area (Å²) in [5, 5.41) is 0.00513. The van der Waals surface area contributed by atoms with Crippen LogP contribution in [0.5, 0.6) is 11.5 Å². The lowest BCUT2D eigenvalue weighted by molar-refractivity contribution is 0.304. The number of hydrogen-bond acceptors (Lipinski definition) is 4. The Morgan fingerprint density at radius 3 is 0.952 bits per heavy atom. The molecule has 0 aromatic heterocycles. The molecule has 0 aliphatic carbocycles. The van der Waals surface area contributed by atoms with Gasteiger partial charge in [0.25, 0.3) is 0 Å². The van der Waals surface area contributed by atoms with Gasteiger partial charge >= 0.3 is 0 Å². The van der Waals surface area contributed by atoms with Crippen LogP contribution in [-0.4, -0.2) is 13.2 Å². The first kappa shape index (κ1) is 36.9. The van der Waals surface area contributed by atoms with Crippen LogP contribution in [0.4, 0.5) is 0 Å². The first-order valence-corrected chi connectivity index (χ1v) is 18.5. The second-order valence-electron chi connectivity index (χ2n) is 12.1. The summed E-state index contributed by atoms with van der Waals surface area (Å²) in [5.41, 5.74) is 2.32. The minimum atomic E-state index is 0.00256. The molecule has 42 heavy (non-hydrogen) atoms.